The minimum atomic E-state index is -0.238. The normalized spacial score (nSPS) is 17.1. The van der Waals surface area contributed by atoms with Crippen LogP contribution in [0.5, 0.6) is 11.5 Å². The summed E-state index contributed by atoms with van der Waals surface area (Å²) in [6, 6.07) is 12.2. The highest BCUT2D eigenvalue weighted by atomic mass is 35.5. The lowest BCUT2D eigenvalue weighted by atomic mass is 10.1. The highest BCUT2D eigenvalue weighted by molar-refractivity contribution is 6.33. The third-order valence-electron chi connectivity index (χ3n) is 5.44. The van der Waals surface area contributed by atoms with Crippen LogP contribution in [-0.4, -0.2) is 55.7 Å². The first kappa shape index (κ1) is 19.5. The van der Waals surface area contributed by atoms with Crippen LogP contribution in [0.4, 0.5) is 5.69 Å². The van der Waals surface area contributed by atoms with Gasteiger partial charge < -0.3 is 24.6 Å². The zero-order valence-electron chi connectivity index (χ0n) is 16.1. The summed E-state index contributed by atoms with van der Waals surface area (Å²) in [5, 5.41) is 3.40. The highest BCUT2D eigenvalue weighted by Crippen LogP contribution is 2.34. The van der Waals surface area contributed by atoms with E-state index in [2.05, 4.69) is 5.32 Å². The zero-order valence-corrected chi connectivity index (χ0v) is 16.9. The second kappa shape index (κ2) is 8.31. The average molecular weight is 417 g/mol. The van der Waals surface area contributed by atoms with Crippen LogP contribution in [0.3, 0.4) is 0 Å². The Morgan fingerprint density at radius 1 is 1.10 bits per heavy atom. The minimum Gasteiger partial charge on any atom is -0.454 e. The van der Waals surface area contributed by atoms with Crippen LogP contribution in [0.25, 0.3) is 0 Å². The Bertz CT molecular complexity index is 928. The predicted molar refractivity (Wildman–Crippen MR) is 109 cm³/mol. The molecule has 8 heteroatoms. The molecule has 2 heterocycles. The molecule has 0 saturated carbocycles. The second-order valence-electron chi connectivity index (χ2n) is 7.21. The van der Waals surface area contributed by atoms with E-state index in [4.69, 9.17) is 21.1 Å². The minimum absolute atomic E-state index is 0.0629. The number of carbonyl (C=O) groups excluding carboxylic acids is 2. The number of amides is 2. The fourth-order valence-electron chi connectivity index (χ4n) is 3.65. The van der Waals surface area contributed by atoms with E-state index in [0.29, 0.717) is 54.0 Å². The second-order valence-corrected chi connectivity index (χ2v) is 7.62. The van der Waals surface area contributed by atoms with E-state index in [0.717, 1.165) is 4.90 Å². The van der Waals surface area contributed by atoms with Gasteiger partial charge >= 0.3 is 0 Å². The summed E-state index contributed by atoms with van der Waals surface area (Å²) in [5.74, 6) is 1.19. The molecule has 1 atom stereocenters. The number of rotatable bonds is 4. The van der Waals surface area contributed by atoms with Crippen molar-refractivity contribution in [1.29, 1.82) is 0 Å². The van der Waals surface area contributed by atoms with Gasteiger partial charge in [0.1, 0.15) is 0 Å². The van der Waals surface area contributed by atoms with Gasteiger partial charge in [-0.15, -0.1) is 0 Å². The molecular formula is C21H23ClN3O4+. The lowest BCUT2D eigenvalue weighted by Gasteiger charge is -2.35. The number of halogens is 1. The number of quaternary nitrogens is 1. The molecule has 2 amide bonds. The van der Waals surface area contributed by atoms with Gasteiger partial charge in [-0.3, -0.25) is 9.59 Å². The molecule has 0 unspecified atom stereocenters. The summed E-state index contributed by atoms with van der Waals surface area (Å²) < 4.78 is 10.6. The highest BCUT2D eigenvalue weighted by Gasteiger charge is 2.31. The monoisotopic (exact) mass is 416 g/mol. The molecule has 2 N–H and O–H groups in total. The lowest BCUT2D eigenvalue weighted by molar-refractivity contribution is -0.917. The van der Waals surface area contributed by atoms with Crippen molar-refractivity contribution in [3.05, 3.63) is 53.1 Å². The molecule has 2 aromatic carbocycles. The van der Waals surface area contributed by atoms with Crippen LogP contribution in [0, 0.1) is 0 Å². The van der Waals surface area contributed by atoms with E-state index < -0.39 is 0 Å². The van der Waals surface area contributed by atoms with Crippen LogP contribution in [-0.2, 0) is 4.79 Å². The third kappa shape index (κ3) is 4.16. The Kier molecular flexibility index (Phi) is 5.60. The maximum absolute atomic E-state index is 12.7. The number of nitrogens with zero attached hydrogens (tertiary/aromatic N) is 1. The van der Waals surface area contributed by atoms with Gasteiger partial charge in [0.2, 0.25) is 6.79 Å². The number of hydrogen-bond acceptors (Lipinski definition) is 4. The molecule has 0 aliphatic carbocycles. The Morgan fingerprint density at radius 3 is 2.59 bits per heavy atom. The quantitative estimate of drug-likeness (QED) is 0.791. The molecule has 2 aliphatic rings. The van der Waals surface area contributed by atoms with Crippen molar-refractivity contribution >= 4 is 29.1 Å². The molecule has 2 aromatic rings. The van der Waals surface area contributed by atoms with E-state index in [9.17, 15) is 9.59 Å². The first-order valence-corrected chi connectivity index (χ1v) is 9.99. The van der Waals surface area contributed by atoms with Crippen LogP contribution in [0.1, 0.15) is 17.3 Å². The first-order chi connectivity index (χ1) is 14.0. The van der Waals surface area contributed by atoms with Gasteiger partial charge in [0.05, 0.1) is 36.8 Å². The van der Waals surface area contributed by atoms with Crippen LogP contribution >= 0.6 is 11.6 Å². The fourth-order valence-corrected chi connectivity index (χ4v) is 3.86. The van der Waals surface area contributed by atoms with Crippen LogP contribution in [0.15, 0.2) is 42.5 Å². The molecule has 0 spiro atoms. The topological polar surface area (TPSA) is 72.3 Å². The van der Waals surface area contributed by atoms with Gasteiger partial charge in [0.25, 0.3) is 11.8 Å². The van der Waals surface area contributed by atoms with Gasteiger partial charge in [-0.05, 0) is 31.2 Å². The van der Waals surface area contributed by atoms with Gasteiger partial charge in [0.15, 0.2) is 17.5 Å². The molecule has 152 valence electrons. The molecular weight excluding hydrogens is 394 g/mol. The van der Waals surface area contributed by atoms with E-state index in [1.165, 1.54) is 0 Å². The van der Waals surface area contributed by atoms with Crippen molar-refractivity contribution in [3.63, 3.8) is 0 Å². The van der Waals surface area contributed by atoms with Gasteiger partial charge in [0, 0.05) is 11.8 Å². The number of ether oxygens (including phenoxy) is 2. The molecule has 0 bridgehead atoms. The summed E-state index contributed by atoms with van der Waals surface area (Å²) in [5.41, 5.74) is 1.20. The van der Waals surface area contributed by atoms with Crippen molar-refractivity contribution < 1.29 is 24.0 Å². The maximum atomic E-state index is 12.7. The Morgan fingerprint density at radius 2 is 1.83 bits per heavy atom. The van der Waals surface area contributed by atoms with Crippen molar-refractivity contribution in [1.82, 2.24) is 4.90 Å². The number of anilines is 1. The third-order valence-corrected chi connectivity index (χ3v) is 5.77. The number of hydrogen-bond donors (Lipinski definition) is 2. The van der Waals surface area contributed by atoms with Crippen molar-refractivity contribution in [2.24, 2.45) is 0 Å². The number of fused-ring (bicyclic) bond motifs is 1. The molecule has 0 aromatic heterocycles. The maximum Gasteiger partial charge on any atom is 0.282 e. The molecule has 1 fully saturated rings. The summed E-state index contributed by atoms with van der Waals surface area (Å²) in [6.45, 7) is 4.67. The summed E-state index contributed by atoms with van der Waals surface area (Å²) in [4.78, 5) is 28.3. The standard InChI is InChI=1S/C21H22ClN3O4/c1-14(20(26)23-15-6-7-18-19(12-15)29-13-28-18)24-8-10-25(11-9-24)21(27)16-4-2-3-5-17(16)22/h2-7,12,14H,8-11,13H2,1H3,(H,23,26)/p+1/t14-/m1/s1. The molecule has 1 saturated heterocycles. The fraction of sp³-hybridized carbons (Fsp3) is 0.333. The van der Waals surface area contributed by atoms with E-state index in [-0.39, 0.29) is 24.6 Å². The Balaban J connectivity index is 1.32. The summed E-state index contributed by atoms with van der Waals surface area (Å²) >= 11 is 6.15. The predicted octanol–water partition coefficient (Wildman–Crippen LogP) is 1.44. The molecule has 0 radical (unpaired) electrons. The van der Waals surface area contributed by atoms with Crippen molar-refractivity contribution in [2.45, 2.75) is 13.0 Å². The van der Waals surface area contributed by atoms with Crippen LogP contribution < -0.4 is 19.7 Å². The number of carbonyl (C=O) groups is 2. The Hall–Kier alpha value is -2.77. The van der Waals surface area contributed by atoms with Crippen molar-refractivity contribution in [3.8, 4) is 11.5 Å². The van der Waals surface area contributed by atoms with Crippen molar-refractivity contribution in [2.75, 3.05) is 38.3 Å². The molecule has 2 aliphatic heterocycles. The molecule has 29 heavy (non-hydrogen) atoms. The smallest absolute Gasteiger partial charge is 0.282 e. The largest absolute Gasteiger partial charge is 0.454 e. The first-order valence-electron chi connectivity index (χ1n) is 9.62. The Labute approximate surface area is 174 Å². The van der Waals surface area contributed by atoms with E-state index >= 15 is 0 Å². The van der Waals surface area contributed by atoms with Gasteiger partial charge in [-0.25, -0.2) is 0 Å². The van der Waals surface area contributed by atoms with Gasteiger partial charge in [-0.1, -0.05) is 23.7 Å². The van der Waals surface area contributed by atoms with E-state index in [1.807, 2.05) is 19.1 Å². The van der Waals surface area contributed by atoms with Crippen LogP contribution in [0.2, 0.25) is 5.02 Å². The van der Waals surface area contributed by atoms with E-state index in [1.54, 1.807) is 35.2 Å². The summed E-state index contributed by atoms with van der Waals surface area (Å²) in [6.07, 6.45) is 0. The number of piperazine rings is 1. The zero-order chi connectivity index (χ0) is 20.4. The summed E-state index contributed by atoms with van der Waals surface area (Å²) in [7, 11) is 0. The molecule has 7 nitrogen and oxygen atoms in total. The molecule has 4 rings (SSSR count). The van der Waals surface area contributed by atoms with Gasteiger partial charge in [-0.2, -0.15) is 0 Å². The lowest BCUT2D eigenvalue weighted by Crippen LogP contribution is -3.19. The number of nitrogens with one attached hydrogen (secondary N) is 2. The average Bonchev–Trinajstić information content (AvgIpc) is 3.21. The SMILES string of the molecule is C[C@H](C(=O)Nc1ccc2c(c1)OCO2)[NH+]1CCN(C(=O)c2ccccc2Cl)CC1. The number of benzene rings is 2.